The fourth-order valence-electron chi connectivity index (χ4n) is 2.90. The van der Waals surface area contributed by atoms with Crippen LogP contribution in [0.1, 0.15) is 11.1 Å². The van der Waals surface area contributed by atoms with Crippen molar-refractivity contribution < 1.29 is 19.1 Å². The molecule has 1 fully saturated rings. The molecule has 118 valence electrons. The second kappa shape index (κ2) is 6.25. The first-order chi connectivity index (χ1) is 10.7. The number of fused-ring (bicyclic) bond motifs is 1. The Bertz CT molecular complexity index is 580. The highest BCUT2D eigenvalue weighted by molar-refractivity contribution is 5.79. The van der Waals surface area contributed by atoms with Gasteiger partial charge < -0.3 is 19.3 Å². The predicted octanol–water partition coefficient (Wildman–Crippen LogP) is 1.07. The highest BCUT2D eigenvalue weighted by atomic mass is 16.5. The standard InChI is InChI=1S/C16H20N2O4/c1-21-16(20)18-7-5-17(6-8-18)15(19)11-12-2-3-14-13(10-12)4-9-22-14/h2-3,10H,4-9,11H2,1H3. The lowest BCUT2D eigenvalue weighted by molar-refractivity contribution is -0.132. The fourth-order valence-corrected chi connectivity index (χ4v) is 2.90. The molecule has 3 rings (SSSR count). The van der Waals surface area contributed by atoms with E-state index >= 15 is 0 Å². The molecule has 0 radical (unpaired) electrons. The molecule has 0 N–H and O–H groups in total. The van der Waals surface area contributed by atoms with Crippen LogP contribution in [0.5, 0.6) is 5.75 Å². The molecule has 2 amide bonds. The Kier molecular flexibility index (Phi) is 4.18. The maximum Gasteiger partial charge on any atom is 0.409 e. The molecule has 1 aromatic rings. The average molecular weight is 304 g/mol. The largest absolute Gasteiger partial charge is 0.493 e. The Balaban J connectivity index is 1.56. The summed E-state index contributed by atoms with van der Waals surface area (Å²) in [5.74, 6) is 1.03. The Morgan fingerprint density at radius 3 is 2.64 bits per heavy atom. The normalized spacial score (nSPS) is 17.0. The number of amides is 2. The minimum atomic E-state index is -0.328. The van der Waals surface area contributed by atoms with Gasteiger partial charge in [-0.1, -0.05) is 12.1 Å². The Labute approximate surface area is 129 Å². The summed E-state index contributed by atoms with van der Waals surface area (Å²) in [6.45, 7) is 2.89. The Morgan fingerprint density at radius 2 is 1.91 bits per heavy atom. The van der Waals surface area contributed by atoms with E-state index in [1.165, 1.54) is 12.7 Å². The summed E-state index contributed by atoms with van der Waals surface area (Å²) in [5.41, 5.74) is 2.20. The van der Waals surface area contributed by atoms with Crippen LogP contribution in [0, 0.1) is 0 Å². The van der Waals surface area contributed by atoms with Crippen LogP contribution in [0.3, 0.4) is 0 Å². The highest BCUT2D eigenvalue weighted by Crippen LogP contribution is 2.26. The van der Waals surface area contributed by atoms with E-state index in [9.17, 15) is 9.59 Å². The predicted molar refractivity (Wildman–Crippen MR) is 79.9 cm³/mol. The zero-order chi connectivity index (χ0) is 15.5. The lowest BCUT2D eigenvalue weighted by Gasteiger charge is -2.33. The topological polar surface area (TPSA) is 59.1 Å². The zero-order valence-electron chi connectivity index (χ0n) is 12.7. The van der Waals surface area contributed by atoms with Gasteiger partial charge in [-0.05, 0) is 17.2 Å². The molecule has 22 heavy (non-hydrogen) atoms. The van der Waals surface area contributed by atoms with Gasteiger partial charge in [0.25, 0.3) is 0 Å². The van der Waals surface area contributed by atoms with E-state index in [1.807, 2.05) is 17.0 Å². The van der Waals surface area contributed by atoms with Gasteiger partial charge in [0.1, 0.15) is 5.75 Å². The SMILES string of the molecule is COC(=O)N1CCN(C(=O)Cc2ccc3c(c2)CCO3)CC1. The third-order valence-electron chi connectivity index (χ3n) is 4.17. The molecule has 2 heterocycles. The van der Waals surface area contributed by atoms with Crippen molar-refractivity contribution in [3.8, 4) is 5.75 Å². The molecule has 0 unspecified atom stereocenters. The van der Waals surface area contributed by atoms with Crippen LogP contribution >= 0.6 is 0 Å². The van der Waals surface area contributed by atoms with Gasteiger partial charge in [0.2, 0.25) is 5.91 Å². The van der Waals surface area contributed by atoms with Crippen molar-refractivity contribution in [2.75, 3.05) is 39.9 Å². The molecule has 0 atom stereocenters. The summed E-state index contributed by atoms with van der Waals surface area (Å²) in [6, 6.07) is 5.96. The third kappa shape index (κ3) is 3.00. The maximum atomic E-state index is 12.4. The van der Waals surface area contributed by atoms with Gasteiger partial charge in [-0.15, -0.1) is 0 Å². The van der Waals surface area contributed by atoms with E-state index in [1.54, 1.807) is 4.90 Å². The minimum absolute atomic E-state index is 0.100. The summed E-state index contributed by atoms with van der Waals surface area (Å²) in [5, 5.41) is 0. The summed E-state index contributed by atoms with van der Waals surface area (Å²) in [4.78, 5) is 27.2. The smallest absolute Gasteiger partial charge is 0.409 e. The second-order valence-electron chi connectivity index (χ2n) is 5.56. The van der Waals surface area contributed by atoms with Crippen molar-refractivity contribution in [1.82, 2.24) is 9.80 Å². The highest BCUT2D eigenvalue weighted by Gasteiger charge is 2.24. The number of hydrogen-bond acceptors (Lipinski definition) is 4. The molecule has 6 nitrogen and oxygen atoms in total. The first kappa shape index (κ1) is 14.7. The Hall–Kier alpha value is -2.24. The molecule has 2 aliphatic rings. The van der Waals surface area contributed by atoms with Crippen LogP contribution < -0.4 is 4.74 Å². The van der Waals surface area contributed by atoms with Crippen LogP contribution in [0.4, 0.5) is 4.79 Å². The van der Waals surface area contributed by atoms with E-state index < -0.39 is 0 Å². The molecule has 0 saturated carbocycles. The van der Waals surface area contributed by atoms with Gasteiger partial charge in [0.05, 0.1) is 20.1 Å². The lowest BCUT2D eigenvalue weighted by Crippen LogP contribution is -2.50. The van der Waals surface area contributed by atoms with E-state index in [2.05, 4.69) is 6.07 Å². The quantitative estimate of drug-likeness (QED) is 0.820. The van der Waals surface area contributed by atoms with Crippen LogP contribution in [0.15, 0.2) is 18.2 Å². The number of rotatable bonds is 2. The number of methoxy groups -OCH3 is 1. The van der Waals surface area contributed by atoms with Gasteiger partial charge in [-0.3, -0.25) is 4.79 Å². The van der Waals surface area contributed by atoms with Crippen molar-refractivity contribution in [3.63, 3.8) is 0 Å². The zero-order valence-corrected chi connectivity index (χ0v) is 12.7. The van der Waals surface area contributed by atoms with Crippen LogP contribution in [-0.2, 0) is 22.4 Å². The number of piperazine rings is 1. The van der Waals surface area contributed by atoms with Gasteiger partial charge in [-0.25, -0.2) is 4.79 Å². The molecule has 6 heteroatoms. The van der Waals surface area contributed by atoms with Crippen molar-refractivity contribution in [2.45, 2.75) is 12.8 Å². The number of nitrogens with zero attached hydrogens (tertiary/aromatic N) is 2. The number of carbonyl (C=O) groups is 2. The van der Waals surface area contributed by atoms with Crippen molar-refractivity contribution in [3.05, 3.63) is 29.3 Å². The number of carbonyl (C=O) groups excluding carboxylic acids is 2. The lowest BCUT2D eigenvalue weighted by atomic mass is 10.1. The van der Waals surface area contributed by atoms with Gasteiger partial charge in [0, 0.05) is 32.6 Å². The maximum absolute atomic E-state index is 12.4. The second-order valence-corrected chi connectivity index (χ2v) is 5.56. The molecule has 1 aromatic carbocycles. The third-order valence-corrected chi connectivity index (χ3v) is 4.17. The number of ether oxygens (including phenoxy) is 2. The number of benzene rings is 1. The average Bonchev–Trinajstić information content (AvgIpc) is 3.02. The van der Waals surface area contributed by atoms with Crippen molar-refractivity contribution in [1.29, 1.82) is 0 Å². The molecule has 0 aliphatic carbocycles. The van der Waals surface area contributed by atoms with E-state index in [0.717, 1.165) is 24.3 Å². The summed E-state index contributed by atoms with van der Waals surface area (Å²) in [6.07, 6.45) is 0.978. The first-order valence-corrected chi connectivity index (χ1v) is 7.52. The summed E-state index contributed by atoms with van der Waals surface area (Å²) < 4.78 is 10.2. The fraction of sp³-hybridized carbons (Fsp3) is 0.500. The van der Waals surface area contributed by atoms with Gasteiger partial charge >= 0.3 is 6.09 Å². The Morgan fingerprint density at radius 1 is 1.18 bits per heavy atom. The molecule has 2 aliphatic heterocycles. The van der Waals surface area contributed by atoms with Crippen molar-refractivity contribution in [2.24, 2.45) is 0 Å². The van der Waals surface area contributed by atoms with Gasteiger partial charge in [0.15, 0.2) is 0 Å². The monoisotopic (exact) mass is 304 g/mol. The summed E-state index contributed by atoms with van der Waals surface area (Å²) in [7, 11) is 1.37. The molecule has 0 bridgehead atoms. The minimum Gasteiger partial charge on any atom is -0.493 e. The number of hydrogen-bond donors (Lipinski definition) is 0. The first-order valence-electron chi connectivity index (χ1n) is 7.52. The molecule has 1 saturated heterocycles. The summed E-state index contributed by atoms with van der Waals surface area (Å²) >= 11 is 0. The molecule has 0 aromatic heterocycles. The van der Waals surface area contributed by atoms with E-state index in [0.29, 0.717) is 32.6 Å². The molecular weight excluding hydrogens is 284 g/mol. The van der Waals surface area contributed by atoms with Crippen LogP contribution in [-0.4, -0.2) is 61.7 Å². The molecular formula is C16H20N2O4. The van der Waals surface area contributed by atoms with E-state index in [4.69, 9.17) is 9.47 Å². The van der Waals surface area contributed by atoms with E-state index in [-0.39, 0.29) is 12.0 Å². The molecule has 0 spiro atoms. The van der Waals surface area contributed by atoms with Crippen LogP contribution in [0.25, 0.3) is 0 Å². The van der Waals surface area contributed by atoms with Crippen LogP contribution in [0.2, 0.25) is 0 Å². The van der Waals surface area contributed by atoms with Gasteiger partial charge in [-0.2, -0.15) is 0 Å². The van der Waals surface area contributed by atoms with Crippen molar-refractivity contribution >= 4 is 12.0 Å².